The smallest absolute Gasteiger partial charge is 0.172 e. The molecule has 0 aliphatic rings. The van der Waals surface area contributed by atoms with Gasteiger partial charge in [0.05, 0.1) is 0 Å². The summed E-state index contributed by atoms with van der Waals surface area (Å²) in [5.41, 5.74) is 1.23. The first-order chi connectivity index (χ1) is 8.20. The van der Waals surface area contributed by atoms with Gasteiger partial charge in [-0.05, 0) is 24.7 Å². The molecule has 1 heterocycles. The predicted octanol–water partition coefficient (Wildman–Crippen LogP) is 2.94. The minimum absolute atomic E-state index is 0.751. The molecule has 0 spiro atoms. The van der Waals surface area contributed by atoms with Gasteiger partial charge in [0.2, 0.25) is 0 Å². The first kappa shape index (κ1) is 12.5. The number of benzene rings is 1. The van der Waals surface area contributed by atoms with E-state index in [-0.39, 0.29) is 0 Å². The van der Waals surface area contributed by atoms with E-state index in [0.29, 0.717) is 0 Å². The highest BCUT2D eigenvalue weighted by Crippen LogP contribution is 2.31. The maximum atomic E-state index is 6.04. The molecule has 0 fully saturated rings. The third-order valence-corrected chi connectivity index (χ3v) is 3.79. The Hall–Kier alpha value is -0.970. The molecule has 0 bridgehead atoms. The van der Waals surface area contributed by atoms with E-state index < -0.39 is 0 Å². The average Bonchev–Trinajstić information content (AvgIpc) is 2.69. The van der Waals surface area contributed by atoms with Crippen molar-refractivity contribution < 1.29 is 0 Å². The maximum absolute atomic E-state index is 6.04. The Morgan fingerprint density at radius 2 is 2.29 bits per heavy atom. The fraction of sp³-hybridized carbons (Fsp3) is 0.250. The Balaban J connectivity index is 2.30. The molecule has 90 valence electrons. The molecule has 1 aromatic carbocycles. The monoisotopic (exact) mass is 267 g/mol. The van der Waals surface area contributed by atoms with Crippen molar-refractivity contribution in [1.29, 1.82) is 0 Å². The van der Waals surface area contributed by atoms with Gasteiger partial charge in [0.25, 0.3) is 0 Å². The van der Waals surface area contributed by atoms with Crippen LogP contribution in [0.15, 0.2) is 40.6 Å². The van der Waals surface area contributed by atoms with Gasteiger partial charge in [-0.15, -0.1) is 0 Å². The lowest BCUT2D eigenvalue weighted by Crippen LogP contribution is -2.06. The molecule has 2 rings (SSSR count). The number of hydrogen-bond donors (Lipinski definition) is 1. The summed E-state index contributed by atoms with van der Waals surface area (Å²) in [7, 11) is 3.92. The molecule has 5 heteroatoms. The van der Waals surface area contributed by atoms with Gasteiger partial charge in [0.1, 0.15) is 0 Å². The van der Waals surface area contributed by atoms with Gasteiger partial charge in [-0.2, -0.15) is 0 Å². The summed E-state index contributed by atoms with van der Waals surface area (Å²) in [6.07, 6.45) is 3.73. The summed E-state index contributed by atoms with van der Waals surface area (Å²) < 4.78 is 1.99. The molecule has 0 atom stereocenters. The zero-order valence-electron chi connectivity index (χ0n) is 9.77. The number of rotatable bonds is 4. The highest BCUT2D eigenvalue weighted by atomic mass is 35.5. The van der Waals surface area contributed by atoms with Crippen LogP contribution in [0.5, 0.6) is 0 Å². The normalized spacial score (nSPS) is 10.8. The molecule has 0 aliphatic carbocycles. The van der Waals surface area contributed by atoms with Gasteiger partial charge in [-0.3, -0.25) is 0 Å². The van der Waals surface area contributed by atoms with E-state index in [4.69, 9.17) is 11.6 Å². The second-order valence-electron chi connectivity index (χ2n) is 3.71. The minimum Gasteiger partial charge on any atom is -0.329 e. The molecule has 0 saturated carbocycles. The van der Waals surface area contributed by atoms with E-state index in [0.717, 1.165) is 21.6 Å². The quantitative estimate of drug-likeness (QED) is 0.924. The van der Waals surface area contributed by atoms with Crippen LogP contribution in [0.1, 0.15) is 5.56 Å². The van der Waals surface area contributed by atoms with E-state index in [2.05, 4.69) is 10.3 Å². The van der Waals surface area contributed by atoms with Crippen LogP contribution in [0, 0.1) is 0 Å². The number of hydrogen-bond acceptors (Lipinski definition) is 3. The van der Waals surface area contributed by atoms with Crippen LogP contribution in [0.4, 0.5) is 0 Å². The Kier molecular flexibility index (Phi) is 4.10. The Morgan fingerprint density at radius 3 is 2.94 bits per heavy atom. The first-order valence-corrected chi connectivity index (χ1v) is 6.48. The van der Waals surface area contributed by atoms with Crippen molar-refractivity contribution in [2.45, 2.75) is 16.6 Å². The van der Waals surface area contributed by atoms with E-state index in [1.54, 1.807) is 18.0 Å². The van der Waals surface area contributed by atoms with Gasteiger partial charge in [0.15, 0.2) is 5.16 Å². The second kappa shape index (κ2) is 5.58. The largest absolute Gasteiger partial charge is 0.329 e. The summed E-state index contributed by atoms with van der Waals surface area (Å²) >= 11 is 7.67. The minimum atomic E-state index is 0.751. The molecule has 0 aliphatic heterocycles. The lowest BCUT2D eigenvalue weighted by atomic mass is 10.2. The lowest BCUT2D eigenvalue weighted by molar-refractivity contribution is 0.784. The van der Waals surface area contributed by atoms with Crippen molar-refractivity contribution in [3.8, 4) is 0 Å². The Morgan fingerprint density at radius 1 is 1.47 bits per heavy atom. The van der Waals surface area contributed by atoms with Gasteiger partial charge in [-0.25, -0.2) is 4.98 Å². The highest BCUT2D eigenvalue weighted by molar-refractivity contribution is 7.99. The second-order valence-corrected chi connectivity index (χ2v) is 5.15. The van der Waals surface area contributed by atoms with Crippen LogP contribution in [-0.4, -0.2) is 16.6 Å². The molecule has 1 aromatic heterocycles. The molecular weight excluding hydrogens is 254 g/mol. The van der Waals surface area contributed by atoms with E-state index >= 15 is 0 Å². The number of halogens is 1. The van der Waals surface area contributed by atoms with Crippen LogP contribution in [-0.2, 0) is 13.6 Å². The van der Waals surface area contributed by atoms with Crippen molar-refractivity contribution >= 4 is 23.4 Å². The molecule has 0 amide bonds. The third-order valence-electron chi connectivity index (χ3n) is 2.37. The molecule has 3 nitrogen and oxygen atoms in total. The van der Waals surface area contributed by atoms with E-state index in [1.807, 2.05) is 43.1 Å². The summed E-state index contributed by atoms with van der Waals surface area (Å²) in [6, 6.07) is 5.94. The summed E-state index contributed by atoms with van der Waals surface area (Å²) in [5, 5.41) is 4.87. The van der Waals surface area contributed by atoms with Crippen LogP contribution >= 0.6 is 23.4 Å². The van der Waals surface area contributed by atoms with E-state index in [1.165, 1.54) is 5.56 Å². The maximum Gasteiger partial charge on any atom is 0.172 e. The number of imidazole rings is 1. The zero-order valence-corrected chi connectivity index (χ0v) is 11.3. The van der Waals surface area contributed by atoms with Gasteiger partial charge < -0.3 is 9.88 Å². The highest BCUT2D eigenvalue weighted by Gasteiger charge is 2.08. The van der Waals surface area contributed by atoms with E-state index in [9.17, 15) is 0 Å². The first-order valence-electron chi connectivity index (χ1n) is 5.29. The summed E-state index contributed by atoms with van der Waals surface area (Å²) in [6.45, 7) is 0.823. The SMILES string of the molecule is CNCc1ccc(Cl)cc1Sc1nccn1C. The molecule has 0 radical (unpaired) electrons. The van der Waals surface area contributed by atoms with Crippen LogP contribution in [0.2, 0.25) is 5.02 Å². The van der Waals surface area contributed by atoms with Crippen molar-refractivity contribution in [3.05, 3.63) is 41.2 Å². The molecule has 2 aromatic rings. The Bertz CT molecular complexity index is 510. The van der Waals surface area contributed by atoms with Crippen molar-refractivity contribution in [3.63, 3.8) is 0 Å². The van der Waals surface area contributed by atoms with Gasteiger partial charge >= 0.3 is 0 Å². The molecule has 1 N–H and O–H groups in total. The van der Waals surface area contributed by atoms with Crippen LogP contribution in [0.25, 0.3) is 0 Å². The average molecular weight is 268 g/mol. The van der Waals surface area contributed by atoms with Crippen molar-refractivity contribution in [1.82, 2.24) is 14.9 Å². The van der Waals surface area contributed by atoms with Crippen molar-refractivity contribution in [2.24, 2.45) is 7.05 Å². The molecule has 0 saturated heterocycles. The van der Waals surface area contributed by atoms with Crippen molar-refractivity contribution in [2.75, 3.05) is 7.05 Å². The zero-order chi connectivity index (χ0) is 12.3. The number of aryl methyl sites for hydroxylation is 1. The lowest BCUT2D eigenvalue weighted by Gasteiger charge is -2.09. The third kappa shape index (κ3) is 3.03. The van der Waals surface area contributed by atoms with Crippen LogP contribution in [0.3, 0.4) is 0 Å². The molecular formula is C12H14ClN3S. The standard InChI is InChI=1S/C12H14ClN3S/c1-14-8-9-3-4-10(13)7-11(9)17-12-15-5-6-16(12)2/h3-7,14H,8H2,1-2H3. The fourth-order valence-electron chi connectivity index (χ4n) is 1.51. The summed E-state index contributed by atoms with van der Waals surface area (Å²) in [4.78, 5) is 5.44. The Labute approximate surface area is 110 Å². The molecule has 17 heavy (non-hydrogen) atoms. The number of nitrogens with one attached hydrogen (secondary N) is 1. The topological polar surface area (TPSA) is 29.9 Å². The number of nitrogens with zero attached hydrogens (tertiary/aromatic N) is 2. The van der Waals surface area contributed by atoms with Crippen LogP contribution < -0.4 is 5.32 Å². The fourth-order valence-corrected chi connectivity index (χ4v) is 2.72. The summed E-state index contributed by atoms with van der Waals surface area (Å²) in [5.74, 6) is 0. The van der Waals surface area contributed by atoms with Gasteiger partial charge in [0, 0.05) is 35.9 Å². The van der Waals surface area contributed by atoms with Gasteiger partial charge in [-0.1, -0.05) is 29.4 Å². The predicted molar refractivity (Wildman–Crippen MR) is 71.5 cm³/mol. The number of aromatic nitrogens is 2. The molecule has 0 unspecified atom stereocenters.